The van der Waals surface area contributed by atoms with E-state index in [1.807, 2.05) is 6.92 Å². The van der Waals surface area contributed by atoms with Crippen LogP contribution in [0.15, 0.2) is 15.9 Å². The first-order valence-electron chi connectivity index (χ1n) is 4.80. The molecule has 1 N–H and O–H groups in total. The third-order valence-corrected chi connectivity index (χ3v) is 3.82. The summed E-state index contributed by atoms with van der Waals surface area (Å²) in [6, 6.07) is 2.16. The molecule has 0 fully saturated rings. The SMILES string of the molecule is CC(O)CC(C)(C)Cc1cc(Br)cs1. The summed E-state index contributed by atoms with van der Waals surface area (Å²) >= 11 is 5.23. The lowest BCUT2D eigenvalue weighted by Crippen LogP contribution is -2.20. The molecule has 1 unspecified atom stereocenters. The van der Waals surface area contributed by atoms with E-state index in [-0.39, 0.29) is 11.5 Å². The monoisotopic (exact) mass is 276 g/mol. The highest BCUT2D eigenvalue weighted by atomic mass is 79.9. The second-order valence-corrected chi connectivity index (χ2v) is 6.54. The lowest BCUT2D eigenvalue weighted by Gasteiger charge is -2.25. The maximum atomic E-state index is 9.37. The van der Waals surface area contributed by atoms with Gasteiger partial charge in [0, 0.05) is 14.7 Å². The lowest BCUT2D eigenvalue weighted by molar-refractivity contribution is 0.130. The van der Waals surface area contributed by atoms with Gasteiger partial charge in [0.15, 0.2) is 0 Å². The molecule has 1 aromatic rings. The molecule has 1 rings (SSSR count). The molecule has 0 saturated carbocycles. The van der Waals surface area contributed by atoms with Crippen LogP contribution in [0.4, 0.5) is 0 Å². The van der Waals surface area contributed by atoms with E-state index in [0.29, 0.717) is 0 Å². The molecule has 1 heterocycles. The molecule has 80 valence electrons. The van der Waals surface area contributed by atoms with Crippen LogP contribution in [0, 0.1) is 5.41 Å². The Morgan fingerprint density at radius 3 is 2.64 bits per heavy atom. The molecular formula is C11H17BrOS. The topological polar surface area (TPSA) is 20.2 Å². The summed E-state index contributed by atoms with van der Waals surface area (Å²) < 4.78 is 1.16. The summed E-state index contributed by atoms with van der Waals surface area (Å²) in [6.45, 7) is 6.26. The van der Waals surface area contributed by atoms with E-state index in [2.05, 4.69) is 41.2 Å². The average Bonchev–Trinajstić information content (AvgIpc) is 2.30. The Labute approximate surface area is 98.3 Å². The first kappa shape index (κ1) is 12.2. The van der Waals surface area contributed by atoms with Crippen LogP contribution in [-0.4, -0.2) is 11.2 Å². The second kappa shape index (κ2) is 4.77. The minimum absolute atomic E-state index is 0.179. The van der Waals surface area contributed by atoms with Crippen LogP contribution in [0.1, 0.15) is 32.1 Å². The van der Waals surface area contributed by atoms with Crippen molar-refractivity contribution >= 4 is 27.3 Å². The maximum absolute atomic E-state index is 9.37. The van der Waals surface area contributed by atoms with Crippen molar-refractivity contribution in [3.63, 3.8) is 0 Å². The van der Waals surface area contributed by atoms with Crippen LogP contribution in [0.2, 0.25) is 0 Å². The van der Waals surface area contributed by atoms with Gasteiger partial charge in [0.2, 0.25) is 0 Å². The van der Waals surface area contributed by atoms with E-state index in [4.69, 9.17) is 0 Å². The third kappa shape index (κ3) is 4.11. The van der Waals surface area contributed by atoms with Gasteiger partial charge in [-0.2, -0.15) is 0 Å². The molecule has 0 spiro atoms. The Morgan fingerprint density at radius 1 is 1.57 bits per heavy atom. The van der Waals surface area contributed by atoms with Gasteiger partial charge in [-0.3, -0.25) is 0 Å². The number of aliphatic hydroxyl groups is 1. The van der Waals surface area contributed by atoms with Gasteiger partial charge in [0.25, 0.3) is 0 Å². The summed E-state index contributed by atoms with van der Waals surface area (Å²) in [7, 11) is 0. The number of aliphatic hydroxyl groups excluding tert-OH is 1. The predicted octanol–water partition coefficient (Wildman–Crippen LogP) is 3.85. The van der Waals surface area contributed by atoms with Crippen LogP contribution >= 0.6 is 27.3 Å². The predicted molar refractivity (Wildman–Crippen MR) is 65.8 cm³/mol. The zero-order chi connectivity index (χ0) is 10.8. The highest BCUT2D eigenvalue weighted by Crippen LogP contribution is 2.31. The Bertz CT molecular complexity index is 291. The zero-order valence-corrected chi connectivity index (χ0v) is 11.3. The fourth-order valence-electron chi connectivity index (χ4n) is 1.79. The quantitative estimate of drug-likeness (QED) is 0.886. The van der Waals surface area contributed by atoms with Crippen molar-refractivity contribution in [1.82, 2.24) is 0 Å². The molecule has 0 aromatic carbocycles. The molecule has 1 aromatic heterocycles. The summed E-state index contributed by atoms with van der Waals surface area (Å²) in [4.78, 5) is 1.38. The summed E-state index contributed by atoms with van der Waals surface area (Å²) in [5.74, 6) is 0. The minimum Gasteiger partial charge on any atom is -0.393 e. The van der Waals surface area contributed by atoms with Gasteiger partial charge in [-0.1, -0.05) is 13.8 Å². The van der Waals surface area contributed by atoms with Crippen molar-refractivity contribution in [1.29, 1.82) is 0 Å². The fourth-order valence-corrected chi connectivity index (χ4v) is 3.50. The molecule has 3 heteroatoms. The van der Waals surface area contributed by atoms with Crippen molar-refractivity contribution in [3.8, 4) is 0 Å². The number of hydrogen-bond acceptors (Lipinski definition) is 2. The van der Waals surface area contributed by atoms with E-state index in [1.54, 1.807) is 11.3 Å². The van der Waals surface area contributed by atoms with Gasteiger partial charge >= 0.3 is 0 Å². The Kier molecular flexibility index (Phi) is 4.16. The van der Waals surface area contributed by atoms with E-state index >= 15 is 0 Å². The number of thiophene rings is 1. The Morgan fingerprint density at radius 2 is 2.21 bits per heavy atom. The standard InChI is InChI=1S/C11H17BrOS/c1-8(13)5-11(2,3)6-10-4-9(12)7-14-10/h4,7-8,13H,5-6H2,1-3H3. The molecule has 14 heavy (non-hydrogen) atoms. The van der Waals surface area contributed by atoms with Crippen molar-refractivity contribution in [2.45, 2.75) is 39.7 Å². The third-order valence-electron chi connectivity index (χ3n) is 2.12. The number of hydrogen-bond donors (Lipinski definition) is 1. The first-order chi connectivity index (χ1) is 6.39. The summed E-state index contributed by atoms with van der Waals surface area (Å²) in [6.07, 6.45) is 1.67. The average molecular weight is 277 g/mol. The maximum Gasteiger partial charge on any atom is 0.0517 e. The second-order valence-electron chi connectivity index (χ2n) is 4.63. The molecule has 0 bridgehead atoms. The lowest BCUT2D eigenvalue weighted by atomic mass is 9.83. The van der Waals surface area contributed by atoms with Gasteiger partial charge in [-0.05, 0) is 47.2 Å². The van der Waals surface area contributed by atoms with E-state index in [0.717, 1.165) is 17.3 Å². The van der Waals surface area contributed by atoms with Crippen LogP contribution in [0.5, 0.6) is 0 Å². The van der Waals surface area contributed by atoms with Crippen molar-refractivity contribution in [3.05, 3.63) is 20.8 Å². The molecule has 0 amide bonds. The van der Waals surface area contributed by atoms with E-state index in [9.17, 15) is 5.11 Å². The van der Waals surface area contributed by atoms with Gasteiger partial charge in [0.1, 0.15) is 0 Å². The van der Waals surface area contributed by atoms with Crippen LogP contribution in [-0.2, 0) is 6.42 Å². The largest absolute Gasteiger partial charge is 0.393 e. The van der Waals surface area contributed by atoms with E-state index < -0.39 is 0 Å². The van der Waals surface area contributed by atoms with Gasteiger partial charge in [-0.25, -0.2) is 0 Å². The highest BCUT2D eigenvalue weighted by Gasteiger charge is 2.21. The molecule has 0 saturated heterocycles. The van der Waals surface area contributed by atoms with Gasteiger partial charge in [0.05, 0.1) is 6.10 Å². The highest BCUT2D eigenvalue weighted by molar-refractivity contribution is 9.10. The molecule has 0 aliphatic heterocycles. The van der Waals surface area contributed by atoms with Crippen LogP contribution in [0.3, 0.4) is 0 Å². The van der Waals surface area contributed by atoms with Crippen molar-refractivity contribution in [2.75, 3.05) is 0 Å². The molecule has 0 aliphatic rings. The van der Waals surface area contributed by atoms with Crippen molar-refractivity contribution in [2.24, 2.45) is 5.41 Å². The van der Waals surface area contributed by atoms with Gasteiger partial charge in [-0.15, -0.1) is 11.3 Å². The molecule has 1 nitrogen and oxygen atoms in total. The Balaban J connectivity index is 2.58. The molecule has 0 aliphatic carbocycles. The van der Waals surface area contributed by atoms with Crippen LogP contribution in [0.25, 0.3) is 0 Å². The first-order valence-corrected chi connectivity index (χ1v) is 6.47. The number of rotatable bonds is 4. The fraction of sp³-hybridized carbons (Fsp3) is 0.636. The summed E-state index contributed by atoms with van der Waals surface area (Å²) in [5, 5.41) is 11.5. The number of halogens is 1. The smallest absolute Gasteiger partial charge is 0.0517 e. The van der Waals surface area contributed by atoms with Crippen molar-refractivity contribution < 1.29 is 5.11 Å². The minimum atomic E-state index is -0.214. The van der Waals surface area contributed by atoms with Gasteiger partial charge < -0.3 is 5.11 Å². The molecule has 1 atom stereocenters. The normalized spacial score (nSPS) is 14.4. The zero-order valence-electron chi connectivity index (χ0n) is 8.88. The van der Waals surface area contributed by atoms with Crippen LogP contribution < -0.4 is 0 Å². The summed E-state index contributed by atoms with van der Waals surface area (Å²) in [5.41, 5.74) is 0.179. The molecular weight excluding hydrogens is 260 g/mol. The molecule has 0 radical (unpaired) electrons. The van der Waals surface area contributed by atoms with E-state index in [1.165, 1.54) is 4.88 Å². The Hall–Kier alpha value is 0.140.